The van der Waals surface area contributed by atoms with E-state index in [1.165, 1.54) is 13.8 Å². The molecule has 0 aromatic rings. The molecule has 16 heavy (non-hydrogen) atoms. The Labute approximate surface area is 93.4 Å². The Morgan fingerprint density at radius 2 is 1.88 bits per heavy atom. The first-order chi connectivity index (χ1) is 7.37. The second-order valence-electron chi connectivity index (χ2n) is 4.15. The number of carbonyl (C=O) groups excluding carboxylic acids is 2. The van der Waals surface area contributed by atoms with Gasteiger partial charge in [0, 0.05) is 6.92 Å². The number of amides is 2. The van der Waals surface area contributed by atoms with Crippen LogP contribution in [-0.2, 0) is 14.4 Å². The van der Waals surface area contributed by atoms with Crippen LogP contribution in [0.25, 0.3) is 0 Å². The number of rotatable bonds is 4. The van der Waals surface area contributed by atoms with E-state index < -0.39 is 23.5 Å². The molecule has 0 heterocycles. The smallest absolute Gasteiger partial charge is 0.329 e. The van der Waals surface area contributed by atoms with Crippen molar-refractivity contribution < 1.29 is 19.5 Å². The fraction of sp³-hybridized carbons (Fsp3) is 0.700. The Kier molecular flexibility index (Phi) is 3.51. The molecule has 90 valence electrons. The lowest BCUT2D eigenvalue weighted by Gasteiger charge is -2.38. The Bertz CT molecular complexity index is 323. The summed E-state index contributed by atoms with van der Waals surface area (Å²) in [5.74, 6) is -1.79. The first kappa shape index (κ1) is 12.5. The van der Waals surface area contributed by atoms with E-state index in [2.05, 4.69) is 10.6 Å². The lowest BCUT2D eigenvalue weighted by molar-refractivity contribution is -0.152. The van der Waals surface area contributed by atoms with E-state index in [1.54, 1.807) is 0 Å². The summed E-state index contributed by atoms with van der Waals surface area (Å²) in [4.78, 5) is 33.3. The zero-order valence-corrected chi connectivity index (χ0v) is 9.37. The van der Waals surface area contributed by atoms with E-state index in [1.807, 2.05) is 0 Å². The molecule has 1 aliphatic rings. The van der Waals surface area contributed by atoms with Crippen LogP contribution in [0, 0.1) is 0 Å². The minimum atomic E-state index is -1.12. The van der Waals surface area contributed by atoms with Crippen molar-refractivity contribution in [2.24, 2.45) is 0 Å². The molecule has 6 nitrogen and oxygen atoms in total. The molecule has 2 amide bonds. The van der Waals surface area contributed by atoms with Gasteiger partial charge in [0.2, 0.25) is 11.8 Å². The molecule has 3 N–H and O–H groups in total. The standard InChI is InChI=1S/C10H16N2O4/c1-6(11-7(2)13)8(14)12-10(9(15)16)4-3-5-10/h6H,3-5H2,1-2H3,(H,11,13)(H,12,14)(H,15,16). The summed E-state index contributed by atoms with van der Waals surface area (Å²) in [7, 11) is 0. The van der Waals surface area contributed by atoms with Gasteiger partial charge in [-0.1, -0.05) is 0 Å². The molecule has 0 bridgehead atoms. The largest absolute Gasteiger partial charge is 0.480 e. The van der Waals surface area contributed by atoms with E-state index in [9.17, 15) is 14.4 Å². The highest BCUT2D eigenvalue weighted by Crippen LogP contribution is 2.32. The molecule has 1 aliphatic carbocycles. The third-order valence-electron chi connectivity index (χ3n) is 2.79. The van der Waals surface area contributed by atoms with Crippen LogP contribution < -0.4 is 10.6 Å². The van der Waals surface area contributed by atoms with Gasteiger partial charge in [-0.3, -0.25) is 9.59 Å². The van der Waals surface area contributed by atoms with E-state index in [-0.39, 0.29) is 5.91 Å². The van der Waals surface area contributed by atoms with Crippen molar-refractivity contribution in [3.63, 3.8) is 0 Å². The molecular weight excluding hydrogens is 212 g/mol. The number of nitrogens with one attached hydrogen (secondary N) is 2. The molecule has 0 aromatic heterocycles. The summed E-state index contributed by atoms with van der Waals surface area (Å²) in [6.07, 6.45) is 1.68. The van der Waals surface area contributed by atoms with Gasteiger partial charge >= 0.3 is 5.97 Å². The lowest BCUT2D eigenvalue weighted by Crippen LogP contribution is -2.62. The average molecular weight is 228 g/mol. The van der Waals surface area contributed by atoms with Crippen LogP contribution in [0.1, 0.15) is 33.1 Å². The van der Waals surface area contributed by atoms with Gasteiger partial charge in [-0.25, -0.2) is 4.79 Å². The molecule has 0 spiro atoms. The van der Waals surface area contributed by atoms with Crippen LogP contribution in [0.4, 0.5) is 0 Å². The number of aliphatic carboxylic acids is 1. The number of carboxylic acid groups (broad SMARTS) is 1. The highest BCUT2D eigenvalue weighted by Gasteiger charge is 2.46. The second kappa shape index (κ2) is 4.51. The van der Waals surface area contributed by atoms with E-state index in [0.29, 0.717) is 12.8 Å². The Morgan fingerprint density at radius 1 is 1.31 bits per heavy atom. The van der Waals surface area contributed by atoms with Crippen molar-refractivity contribution in [3.05, 3.63) is 0 Å². The van der Waals surface area contributed by atoms with Gasteiger partial charge in [0.25, 0.3) is 0 Å². The summed E-state index contributed by atoms with van der Waals surface area (Å²) in [6.45, 7) is 2.82. The third kappa shape index (κ3) is 2.50. The SMILES string of the molecule is CC(=O)NC(C)C(=O)NC1(C(=O)O)CCC1. The maximum atomic E-state index is 11.6. The average Bonchev–Trinajstić information content (AvgIpc) is 2.08. The lowest BCUT2D eigenvalue weighted by atomic mass is 9.76. The minimum absolute atomic E-state index is 0.319. The zero-order chi connectivity index (χ0) is 12.3. The normalized spacial score (nSPS) is 19.1. The maximum Gasteiger partial charge on any atom is 0.329 e. The van der Waals surface area contributed by atoms with Crippen molar-refractivity contribution in [1.82, 2.24) is 10.6 Å². The minimum Gasteiger partial charge on any atom is -0.480 e. The second-order valence-corrected chi connectivity index (χ2v) is 4.15. The molecule has 0 saturated heterocycles. The number of carboxylic acids is 1. The molecule has 1 atom stereocenters. The first-order valence-electron chi connectivity index (χ1n) is 5.20. The van der Waals surface area contributed by atoms with Gasteiger partial charge < -0.3 is 15.7 Å². The topological polar surface area (TPSA) is 95.5 Å². The van der Waals surface area contributed by atoms with Crippen molar-refractivity contribution >= 4 is 17.8 Å². The quantitative estimate of drug-likeness (QED) is 0.612. The Hall–Kier alpha value is -1.59. The van der Waals surface area contributed by atoms with Crippen molar-refractivity contribution in [2.45, 2.75) is 44.7 Å². The van der Waals surface area contributed by atoms with Gasteiger partial charge in [0.05, 0.1) is 0 Å². The Morgan fingerprint density at radius 3 is 2.19 bits per heavy atom. The van der Waals surface area contributed by atoms with Crippen LogP contribution in [0.5, 0.6) is 0 Å². The molecule has 1 saturated carbocycles. The highest BCUT2D eigenvalue weighted by molar-refractivity contribution is 5.92. The zero-order valence-electron chi connectivity index (χ0n) is 9.37. The van der Waals surface area contributed by atoms with E-state index in [0.717, 1.165) is 6.42 Å². The van der Waals surface area contributed by atoms with Gasteiger partial charge in [0.1, 0.15) is 11.6 Å². The predicted octanol–water partition coefficient (Wildman–Crippen LogP) is -0.365. The molecule has 1 fully saturated rings. The van der Waals surface area contributed by atoms with Crippen molar-refractivity contribution in [3.8, 4) is 0 Å². The number of carbonyl (C=O) groups is 3. The molecule has 1 rings (SSSR count). The molecule has 0 radical (unpaired) electrons. The summed E-state index contributed by atoms with van der Waals surface area (Å²) in [5, 5.41) is 13.9. The van der Waals surface area contributed by atoms with Gasteiger partial charge in [-0.05, 0) is 26.2 Å². The highest BCUT2D eigenvalue weighted by atomic mass is 16.4. The van der Waals surface area contributed by atoms with Crippen molar-refractivity contribution in [1.29, 1.82) is 0 Å². The van der Waals surface area contributed by atoms with Crippen LogP contribution in [-0.4, -0.2) is 34.5 Å². The Balaban J connectivity index is 2.56. The van der Waals surface area contributed by atoms with Gasteiger partial charge in [-0.15, -0.1) is 0 Å². The van der Waals surface area contributed by atoms with Crippen LogP contribution in [0.3, 0.4) is 0 Å². The van der Waals surface area contributed by atoms with Gasteiger partial charge in [-0.2, -0.15) is 0 Å². The molecule has 6 heteroatoms. The fourth-order valence-electron chi connectivity index (χ4n) is 1.64. The summed E-state index contributed by atoms with van der Waals surface area (Å²) < 4.78 is 0. The molecule has 0 aromatic carbocycles. The molecule has 1 unspecified atom stereocenters. The predicted molar refractivity (Wildman–Crippen MR) is 55.6 cm³/mol. The van der Waals surface area contributed by atoms with Crippen LogP contribution in [0.15, 0.2) is 0 Å². The van der Waals surface area contributed by atoms with Gasteiger partial charge in [0.15, 0.2) is 0 Å². The van der Waals surface area contributed by atoms with E-state index in [4.69, 9.17) is 5.11 Å². The summed E-state index contributed by atoms with van der Waals surface area (Å²) >= 11 is 0. The van der Waals surface area contributed by atoms with E-state index >= 15 is 0 Å². The van der Waals surface area contributed by atoms with Crippen LogP contribution >= 0.6 is 0 Å². The summed E-state index contributed by atoms with van der Waals surface area (Å²) in [5.41, 5.74) is -1.12. The summed E-state index contributed by atoms with van der Waals surface area (Å²) in [6, 6.07) is -0.714. The van der Waals surface area contributed by atoms with Crippen LogP contribution in [0.2, 0.25) is 0 Å². The maximum absolute atomic E-state index is 11.6. The molecular formula is C10H16N2O4. The van der Waals surface area contributed by atoms with Crippen molar-refractivity contribution in [2.75, 3.05) is 0 Å². The fourth-order valence-corrected chi connectivity index (χ4v) is 1.64. The third-order valence-corrected chi connectivity index (χ3v) is 2.79. The first-order valence-corrected chi connectivity index (χ1v) is 5.20. The molecule has 0 aliphatic heterocycles. The monoisotopic (exact) mass is 228 g/mol. The number of hydrogen-bond donors (Lipinski definition) is 3. The number of hydrogen-bond acceptors (Lipinski definition) is 3.